The summed E-state index contributed by atoms with van der Waals surface area (Å²) in [5.41, 5.74) is 0.690. The average molecular weight is 384 g/mol. The van der Waals surface area contributed by atoms with Gasteiger partial charge in [-0.15, -0.1) is 4.40 Å². The smallest absolute Gasteiger partial charge is 0.286 e. The molecule has 1 aromatic carbocycles. The number of sulfonamides is 1. The number of rotatable bonds is 3. The number of halogens is 1. The van der Waals surface area contributed by atoms with Crippen molar-refractivity contribution in [1.29, 1.82) is 0 Å². The second-order valence-electron chi connectivity index (χ2n) is 6.53. The Morgan fingerprint density at radius 1 is 1.36 bits per heavy atom. The summed E-state index contributed by atoms with van der Waals surface area (Å²) in [5.74, 6) is 0.195. The lowest BCUT2D eigenvalue weighted by Crippen LogP contribution is -2.36. The summed E-state index contributed by atoms with van der Waals surface area (Å²) in [7, 11) is -3.83. The highest BCUT2D eigenvalue weighted by Gasteiger charge is 2.33. The Morgan fingerprint density at radius 2 is 2.12 bits per heavy atom. The first-order chi connectivity index (χ1) is 11.8. The molecular formula is C17H22ClN3O3S. The van der Waals surface area contributed by atoms with Crippen molar-refractivity contribution in [1.82, 2.24) is 5.32 Å². The lowest BCUT2D eigenvalue weighted by molar-refractivity contribution is 0.0939. The number of amidine groups is 1. The largest absolute Gasteiger partial charge is 0.350 e. The molecular weight excluding hydrogens is 362 g/mol. The summed E-state index contributed by atoms with van der Waals surface area (Å²) in [6, 6.07) is 2.92. The standard InChI is InChI=1S/C17H22ClN3O3S/c1-3-11(2)19-17(22)12-9-15-14(10-13(12)18)21-8-6-4-5-7-16(21)20-25(15,23)24/h9-11H,3-8H2,1-2H3,(H,19,22)/t11-/m1/s1. The van der Waals surface area contributed by atoms with Crippen molar-refractivity contribution in [3.8, 4) is 0 Å². The third kappa shape index (κ3) is 3.53. The van der Waals surface area contributed by atoms with Gasteiger partial charge < -0.3 is 10.2 Å². The fourth-order valence-corrected chi connectivity index (χ4v) is 4.58. The molecule has 0 saturated carbocycles. The number of benzene rings is 1. The topological polar surface area (TPSA) is 78.8 Å². The third-order valence-corrected chi connectivity index (χ3v) is 6.32. The third-order valence-electron chi connectivity index (χ3n) is 4.67. The van der Waals surface area contributed by atoms with Crippen LogP contribution in [0.15, 0.2) is 21.4 Å². The number of nitrogens with one attached hydrogen (secondary N) is 1. The Balaban J connectivity index is 2.07. The summed E-state index contributed by atoms with van der Waals surface area (Å²) in [6.07, 6.45) is 4.32. The molecule has 1 N–H and O–H groups in total. The van der Waals surface area contributed by atoms with Gasteiger partial charge in [-0.2, -0.15) is 8.42 Å². The second kappa shape index (κ2) is 6.96. The van der Waals surface area contributed by atoms with Crippen LogP contribution in [0.25, 0.3) is 0 Å². The zero-order valence-electron chi connectivity index (χ0n) is 14.4. The number of hydrogen-bond donors (Lipinski definition) is 1. The highest BCUT2D eigenvalue weighted by Crippen LogP contribution is 2.37. The highest BCUT2D eigenvalue weighted by atomic mass is 35.5. The Kier molecular flexibility index (Phi) is 5.06. The van der Waals surface area contributed by atoms with Crippen molar-refractivity contribution in [2.75, 3.05) is 11.4 Å². The molecule has 0 radical (unpaired) electrons. The molecule has 1 aromatic rings. The highest BCUT2D eigenvalue weighted by molar-refractivity contribution is 7.90. The molecule has 6 nitrogen and oxygen atoms in total. The fraction of sp³-hybridized carbons (Fsp3) is 0.529. The Hall–Kier alpha value is -1.60. The predicted molar refractivity (Wildman–Crippen MR) is 99.1 cm³/mol. The van der Waals surface area contributed by atoms with Gasteiger partial charge in [0.2, 0.25) is 0 Å². The van der Waals surface area contributed by atoms with E-state index < -0.39 is 10.0 Å². The van der Waals surface area contributed by atoms with E-state index in [1.54, 1.807) is 6.07 Å². The molecule has 8 heteroatoms. The number of hydrogen-bond acceptors (Lipinski definition) is 4. The monoisotopic (exact) mass is 383 g/mol. The Morgan fingerprint density at radius 3 is 2.84 bits per heavy atom. The lowest BCUT2D eigenvalue weighted by atomic mass is 10.1. The number of carbonyl (C=O) groups is 1. The van der Waals surface area contributed by atoms with E-state index >= 15 is 0 Å². The zero-order chi connectivity index (χ0) is 18.2. The average Bonchev–Trinajstić information content (AvgIpc) is 2.78. The first kappa shape index (κ1) is 18.2. The summed E-state index contributed by atoms with van der Waals surface area (Å²) >= 11 is 6.33. The van der Waals surface area contributed by atoms with Crippen LogP contribution in [0.5, 0.6) is 0 Å². The van der Waals surface area contributed by atoms with Crippen LogP contribution in [0.2, 0.25) is 5.02 Å². The van der Waals surface area contributed by atoms with Gasteiger partial charge in [0.05, 0.1) is 16.3 Å². The molecule has 2 aliphatic heterocycles. The first-order valence-corrected chi connectivity index (χ1v) is 10.4. The molecule has 0 spiro atoms. The normalized spacial score (nSPS) is 20.0. The molecule has 136 valence electrons. The number of anilines is 1. The minimum atomic E-state index is -3.83. The zero-order valence-corrected chi connectivity index (χ0v) is 16.0. The molecule has 0 aliphatic carbocycles. The van der Waals surface area contributed by atoms with Gasteiger partial charge in [0.15, 0.2) is 0 Å². The molecule has 0 unspecified atom stereocenters. The Labute approximate surface area is 153 Å². The van der Waals surface area contributed by atoms with Gasteiger partial charge in [0.25, 0.3) is 15.9 Å². The Bertz CT molecular complexity index is 836. The van der Waals surface area contributed by atoms with Crippen molar-refractivity contribution in [2.45, 2.75) is 56.9 Å². The molecule has 0 bridgehead atoms. The number of nitrogens with zero attached hydrogens (tertiary/aromatic N) is 2. The van der Waals surface area contributed by atoms with Crippen LogP contribution in [-0.4, -0.2) is 32.7 Å². The van der Waals surface area contributed by atoms with E-state index in [-0.39, 0.29) is 27.4 Å². The van der Waals surface area contributed by atoms with Crippen molar-refractivity contribution in [2.24, 2.45) is 4.40 Å². The molecule has 1 fully saturated rings. The van der Waals surface area contributed by atoms with E-state index in [0.717, 1.165) is 25.7 Å². The van der Waals surface area contributed by atoms with Gasteiger partial charge in [0.1, 0.15) is 10.7 Å². The number of amides is 1. The maximum atomic E-state index is 12.6. The summed E-state index contributed by atoms with van der Waals surface area (Å²) in [6.45, 7) is 4.55. The quantitative estimate of drug-likeness (QED) is 0.868. The minimum Gasteiger partial charge on any atom is -0.350 e. The molecule has 1 atom stereocenters. The van der Waals surface area contributed by atoms with E-state index in [1.165, 1.54) is 6.07 Å². The van der Waals surface area contributed by atoms with Crippen LogP contribution in [0.3, 0.4) is 0 Å². The molecule has 1 saturated heterocycles. The number of fused-ring (bicyclic) bond motifs is 3. The molecule has 25 heavy (non-hydrogen) atoms. The van der Waals surface area contributed by atoms with Crippen molar-refractivity contribution in [3.05, 3.63) is 22.7 Å². The van der Waals surface area contributed by atoms with Crippen molar-refractivity contribution >= 4 is 39.1 Å². The maximum absolute atomic E-state index is 12.6. The SMILES string of the molecule is CC[C@@H](C)NC(=O)c1cc2c(cc1Cl)N1CCCCCC1=NS2(=O)=O. The lowest BCUT2D eigenvalue weighted by Gasteiger charge is -2.30. The molecule has 3 rings (SSSR count). The van der Waals surface area contributed by atoms with E-state index in [2.05, 4.69) is 9.71 Å². The van der Waals surface area contributed by atoms with Gasteiger partial charge in [0, 0.05) is 19.0 Å². The maximum Gasteiger partial charge on any atom is 0.286 e. The van der Waals surface area contributed by atoms with Gasteiger partial charge in [-0.1, -0.05) is 24.9 Å². The van der Waals surface area contributed by atoms with Crippen LogP contribution in [0, 0.1) is 0 Å². The molecule has 1 amide bonds. The van der Waals surface area contributed by atoms with Crippen LogP contribution in [-0.2, 0) is 10.0 Å². The summed E-state index contributed by atoms with van der Waals surface area (Å²) in [4.78, 5) is 14.4. The van der Waals surface area contributed by atoms with E-state index in [4.69, 9.17) is 11.6 Å². The van der Waals surface area contributed by atoms with Crippen molar-refractivity contribution < 1.29 is 13.2 Å². The van der Waals surface area contributed by atoms with Gasteiger partial charge in [-0.3, -0.25) is 4.79 Å². The fourth-order valence-electron chi connectivity index (χ4n) is 3.07. The van der Waals surface area contributed by atoms with Crippen LogP contribution < -0.4 is 10.2 Å². The van der Waals surface area contributed by atoms with E-state index in [9.17, 15) is 13.2 Å². The molecule has 2 heterocycles. The second-order valence-corrected chi connectivity index (χ2v) is 8.51. The molecule has 2 aliphatic rings. The number of carbonyl (C=O) groups excluding carboxylic acids is 1. The van der Waals surface area contributed by atoms with Crippen LogP contribution >= 0.6 is 11.6 Å². The van der Waals surface area contributed by atoms with E-state index in [0.29, 0.717) is 24.5 Å². The van der Waals surface area contributed by atoms with Crippen LogP contribution in [0.1, 0.15) is 56.3 Å². The first-order valence-electron chi connectivity index (χ1n) is 8.59. The summed E-state index contributed by atoms with van der Waals surface area (Å²) < 4.78 is 29.2. The van der Waals surface area contributed by atoms with Crippen molar-refractivity contribution in [3.63, 3.8) is 0 Å². The summed E-state index contributed by atoms with van der Waals surface area (Å²) in [5, 5.41) is 3.07. The minimum absolute atomic E-state index is 0.0218. The van der Waals surface area contributed by atoms with Gasteiger partial charge >= 0.3 is 0 Å². The predicted octanol–water partition coefficient (Wildman–Crippen LogP) is 3.35. The molecule has 0 aromatic heterocycles. The van der Waals surface area contributed by atoms with Gasteiger partial charge in [-0.25, -0.2) is 0 Å². The van der Waals surface area contributed by atoms with E-state index in [1.807, 2.05) is 18.7 Å². The van der Waals surface area contributed by atoms with Gasteiger partial charge in [-0.05, 0) is 38.3 Å². The van der Waals surface area contributed by atoms with Crippen LogP contribution in [0.4, 0.5) is 5.69 Å².